The maximum Gasteiger partial charge on any atom is 0.243 e. The molecule has 0 aliphatic rings. The number of pyridine rings is 1. The van der Waals surface area contributed by atoms with E-state index in [9.17, 15) is 12.8 Å². The number of hydrogen-bond acceptors (Lipinski definition) is 4. The molecule has 1 heterocycles. The Bertz CT molecular complexity index is 722. The lowest BCUT2D eigenvalue weighted by atomic mass is 10.3. The first-order valence-corrected chi connectivity index (χ1v) is 7.32. The van der Waals surface area contributed by atoms with Gasteiger partial charge >= 0.3 is 0 Å². The molecule has 0 saturated carbocycles. The van der Waals surface area contributed by atoms with Gasteiger partial charge in [0.05, 0.1) is 0 Å². The van der Waals surface area contributed by atoms with E-state index in [1.807, 2.05) is 0 Å². The summed E-state index contributed by atoms with van der Waals surface area (Å²) in [6, 6.07) is 6.72. The maximum absolute atomic E-state index is 13.6. The molecule has 0 bridgehead atoms. The summed E-state index contributed by atoms with van der Waals surface area (Å²) in [7, 11) is -3.99. The van der Waals surface area contributed by atoms with Crippen molar-refractivity contribution in [3.8, 4) is 11.6 Å². The van der Waals surface area contributed by atoms with Crippen molar-refractivity contribution in [2.45, 2.75) is 4.90 Å². The fraction of sp³-hybridized carbons (Fsp3) is 0. The summed E-state index contributed by atoms with van der Waals surface area (Å²) in [5, 5.41) is 5.02. The molecule has 0 aliphatic heterocycles. The Kier molecular flexibility index (Phi) is 3.83. The van der Waals surface area contributed by atoms with Crippen molar-refractivity contribution < 1.29 is 17.5 Å². The van der Waals surface area contributed by atoms with E-state index in [4.69, 9.17) is 9.88 Å². The molecule has 0 spiro atoms. The van der Waals surface area contributed by atoms with Gasteiger partial charge in [0.2, 0.25) is 15.9 Å². The first-order valence-electron chi connectivity index (χ1n) is 4.98. The number of sulfonamides is 1. The monoisotopic (exact) mass is 346 g/mol. The van der Waals surface area contributed by atoms with Crippen molar-refractivity contribution in [2.24, 2.45) is 5.14 Å². The number of aromatic nitrogens is 1. The van der Waals surface area contributed by atoms with Gasteiger partial charge in [-0.2, -0.15) is 0 Å². The number of benzene rings is 1. The summed E-state index contributed by atoms with van der Waals surface area (Å²) in [5.41, 5.74) is 0. The molecule has 0 saturated heterocycles. The first kappa shape index (κ1) is 13.9. The van der Waals surface area contributed by atoms with Crippen LogP contribution in [0.1, 0.15) is 0 Å². The minimum Gasteiger partial charge on any atom is -0.435 e. The van der Waals surface area contributed by atoms with Crippen molar-refractivity contribution in [1.82, 2.24) is 4.98 Å². The van der Waals surface area contributed by atoms with E-state index in [1.165, 1.54) is 30.5 Å². The van der Waals surface area contributed by atoms with Gasteiger partial charge in [0.15, 0.2) is 11.6 Å². The molecule has 0 aliphatic carbocycles. The van der Waals surface area contributed by atoms with E-state index in [1.54, 1.807) is 6.07 Å². The maximum atomic E-state index is 13.6. The Hall–Kier alpha value is -1.51. The molecule has 1 aromatic carbocycles. The molecule has 100 valence electrons. The quantitative estimate of drug-likeness (QED) is 0.925. The third-order valence-corrected chi connectivity index (χ3v) is 3.56. The van der Waals surface area contributed by atoms with Crippen LogP contribution in [0.25, 0.3) is 0 Å². The second-order valence-corrected chi connectivity index (χ2v) is 5.97. The highest BCUT2D eigenvalue weighted by Gasteiger charge is 2.17. The van der Waals surface area contributed by atoms with E-state index in [0.29, 0.717) is 4.47 Å². The van der Waals surface area contributed by atoms with Crippen LogP contribution in [0.2, 0.25) is 0 Å². The second kappa shape index (κ2) is 5.24. The van der Waals surface area contributed by atoms with Gasteiger partial charge in [-0.25, -0.2) is 22.9 Å². The largest absolute Gasteiger partial charge is 0.435 e. The van der Waals surface area contributed by atoms with Crippen LogP contribution in [-0.2, 0) is 10.0 Å². The Morgan fingerprint density at radius 3 is 2.68 bits per heavy atom. The van der Waals surface area contributed by atoms with Crippen LogP contribution in [0, 0.1) is 5.82 Å². The highest BCUT2D eigenvalue weighted by molar-refractivity contribution is 9.10. The molecule has 0 amide bonds. The van der Waals surface area contributed by atoms with Gasteiger partial charge in [-0.15, -0.1) is 0 Å². The highest BCUT2D eigenvalue weighted by atomic mass is 79.9. The SMILES string of the molecule is NS(=O)(=O)c1cccnc1Oc1ccc(Br)cc1F. The number of primary sulfonamides is 1. The van der Waals surface area contributed by atoms with E-state index >= 15 is 0 Å². The molecule has 1 aromatic heterocycles. The van der Waals surface area contributed by atoms with Crippen LogP contribution in [0.5, 0.6) is 11.6 Å². The smallest absolute Gasteiger partial charge is 0.243 e. The first-order chi connectivity index (χ1) is 8.88. The third kappa shape index (κ3) is 3.28. The lowest BCUT2D eigenvalue weighted by Gasteiger charge is -2.09. The van der Waals surface area contributed by atoms with Crippen molar-refractivity contribution in [3.63, 3.8) is 0 Å². The molecule has 2 aromatic rings. The second-order valence-electron chi connectivity index (χ2n) is 3.53. The van der Waals surface area contributed by atoms with Gasteiger partial charge in [-0.3, -0.25) is 0 Å². The molecule has 5 nitrogen and oxygen atoms in total. The van der Waals surface area contributed by atoms with Gasteiger partial charge < -0.3 is 4.74 Å². The van der Waals surface area contributed by atoms with Crippen LogP contribution in [0.15, 0.2) is 45.9 Å². The Balaban J connectivity index is 2.44. The fourth-order valence-corrected chi connectivity index (χ4v) is 2.27. The van der Waals surface area contributed by atoms with Crippen LogP contribution in [0.4, 0.5) is 4.39 Å². The van der Waals surface area contributed by atoms with E-state index < -0.39 is 15.8 Å². The summed E-state index contributed by atoms with van der Waals surface area (Å²) in [4.78, 5) is 3.44. The number of nitrogens with zero attached hydrogens (tertiary/aromatic N) is 1. The van der Waals surface area contributed by atoms with Crippen LogP contribution < -0.4 is 9.88 Å². The number of hydrogen-bond donors (Lipinski definition) is 1. The van der Waals surface area contributed by atoms with Crippen molar-refractivity contribution in [2.75, 3.05) is 0 Å². The highest BCUT2D eigenvalue weighted by Crippen LogP contribution is 2.28. The number of halogens is 2. The minimum absolute atomic E-state index is 0.146. The summed E-state index contributed by atoms with van der Waals surface area (Å²) >= 11 is 3.10. The average Bonchev–Trinajstić information content (AvgIpc) is 2.32. The zero-order chi connectivity index (χ0) is 14.0. The van der Waals surface area contributed by atoms with Gasteiger partial charge in [0.25, 0.3) is 0 Å². The molecular weight excluding hydrogens is 339 g/mol. The van der Waals surface area contributed by atoms with Crippen LogP contribution in [-0.4, -0.2) is 13.4 Å². The van der Waals surface area contributed by atoms with Gasteiger partial charge in [0, 0.05) is 10.7 Å². The molecule has 2 rings (SSSR count). The minimum atomic E-state index is -3.99. The molecule has 0 atom stereocenters. The Morgan fingerprint density at radius 2 is 2.05 bits per heavy atom. The third-order valence-electron chi connectivity index (χ3n) is 2.14. The Labute approximate surface area is 117 Å². The number of nitrogens with two attached hydrogens (primary N) is 1. The molecule has 0 fully saturated rings. The molecule has 0 unspecified atom stereocenters. The van der Waals surface area contributed by atoms with Crippen molar-refractivity contribution in [3.05, 3.63) is 46.8 Å². The van der Waals surface area contributed by atoms with Gasteiger partial charge in [-0.1, -0.05) is 15.9 Å². The van der Waals surface area contributed by atoms with Crippen molar-refractivity contribution in [1.29, 1.82) is 0 Å². The Morgan fingerprint density at radius 1 is 1.32 bits per heavy atom. The molecule has 2 N–H and O–H groups in total. The molecule has 8 heteroatoms. The molecular formula is C11H8BrFN2O3S. The van der Waals surface area contributed by atoms with Crippen LogP contribution >= 0.6 is 15.9 Å². The fourth-order valence-electron chi connectivity index (χ4n) is 1.33. The summed E-state index contributed by atoms with van der Waals surface area (Å²) < 4.78 is 42.0. The predicted octanol–water partition coefficient (Wildman–Crippen LogP) is 2.42. The molecule has 19 heavy (non-hydrogen) atoms. The van der Waals surface area contributed by atoms with E-state index in [0.717, 1.165) is 0 Å². The number of ether oxygens (including phenoxy) is 1. The molecule has 0 radical (unpaired) electrons. The average molecular weight is 347 g/mol. The van der Waals surface area contributed by atoms with E-state index in [2.05, 4.69) is 20.9 Å². The lowest BCUT2D eigenvalue weighted by Crippen LogP contribution is -2.13. The summed E-state index contributed by atoms with van der Waals surface area (Å²) in [5.74, 6) is -1.07. The van der Waals surface area contributed by atoms with Crippen molar-refractivity contribution >= 4 is 26.0 Å². The number of rotatable bonds is 3. The normalized spacial score (nSPS) is 11.3. The predicted molar refractivity (Wildman–Crippen MR) is 69.8 cm³/mol. The topological polar surface area (TPSA) is 82.3 Å². The van der Waals surface area contributed by atoms with Gasteiger partial charge in [0.1, 0.15) is 4.90 Å². The van der Waals surface area contributed by atoms with Gasteiger partial charge in [-0.05, 0) is 30.3 Å². The standard InChI is InChI=1S/C11H8BrFN2O3S/c12-7-3-4-9(8(13)6-7)18-11-10(19(14,16)17)2-1-5-15-11/h1-6H,(H2,14,16,17). The zero-order valence-electron chi connectivity index (χ0n) is 9.38. The van der Waals surface area contributed by atoms with Crippen LogP contribution in [0.3, 0.4) is 0 Å². The summed E-state index contributed by atoms with van der Waals surface area (Å²) in [6.07, 6.45) is 1.32. The summed E-state index contributed by atoms with van der Waals surface area (Å²) in [6.45, 7) is 0. The zero-order valence-corrected chi connectivity index (χ0v) is 11.8. The van der Waals surface area contributed by atoms with E-state index in [-0.39, 0.29) is 16.5 Å². The lowest BCUT2D eigenvalue weighted by molar-refractivity contribution is 0.415.